The zero-order chi connectivity index (χ0) is 56.2. The molecule has 2 fully saturated rings. The number of hydrogen-bond donors (Lipinski definition) is 2. The first-order valence-electron chi connectivity index (χ1n) is 28.6. The van der Waals surface area contributed by atoms with Crippen molar-refractivity contribution >= 4 is 11.9 Å². The van der Waals surface area contributed by atoms with Crippen molar-refractivity contribution in [2.75, 3.05) is 0 Å². The molecule has 0 atom stereocenters. The van der Waals surface area contributed by atoms with Crippen LogP contribution in [0.15, 0.2) is 72.8 Å². The maximum Gasteiger partial charge on any atom is 0.336 e. The van der Waals surface area contributed by atoms with Crippen molar-refractivity contribution in [2.24, 2.45) is 0 Å². The summed E-state index contributed by atoms with van der Waals surface area (Å²) in [7, 11) is 0. The van der Waals surface area contributed by atoms with Crippen LogP contribution in [0.2, 0.25) is 0 Å². The number of carboxylic acids is 2. The Morgan fingerprint density at radius 1 is 0.359 bits per heavy atom. The summed E-state index contributed by atoms with van der Waals surface area (Å²) in [5.74, 6) is 1.03. The highest BCUT2D eigenvalue weighted by atomic mass is 16.5. The first kappa shape index (κ1) is 56.2. The summed E-state index contributed by atoms with van der Waals surface area (Å²) in [6.45, 7) is 30.1. The van der Waals surface area contributed by atoms with E-state index in [0.29, 0.717) is 22.3 Å². The number of aryl methyl sites for hydroxylation is 8. The summed E-state index contributed by atoms with van der Waals surface area (Å²) >= 11 is 0. The largest absolute Gasteiger partial charge is 0.488 e. The van der Waals surface area contributed by atoms with E-state index in [2.05, 4.69) is 145 Å². The van der Waals surface area contributed by atoms with Crippen LogP contribution >= 0.6 is 0 Å². The maximum atomic E-state index is 13.5. The number of rotatable bonds is 2. The van der Waals surface area contributed by atoms with E-state index in [9.17, 15) is 19.8 Å². The van der Waals surface area contributed by atoms with Crippen molar-refractivity contribution in [1.82, 2.24) is 0 Å². The van der Waals surface area contributed by atoms with E-state index in [4.69, 9.17) is 18.9 Å². The van der Waals surface area contributed by atoms with Gasteiger partial charge in [0.1, 0.15) is 49.4 Å². The Morgan fingerprint density at radius 3 is 0.744 bits per heavy atom. The van der Waals surface area contributed by atoms with E-state index in [1.54, 1.807) is 0 Å². The Labute approximate surface area is 464 Å². The number of carboxylic acid groups (broad SMARTS) is 2. The van der Waals surface area contributed by atoms with Crippen molar-refractivity contribution in [3.63, 3.8) is 0 Å². The number of benzene rings is 6. The molecule has 0 aromatic heterocycles. The van der Waals surface area contributed by atoms with Gasteiger partial charge in [0.2, 0.25) is 0 Å². The predicted octanol–water partition coefficient (Wildman–Crippen LogP) is 17.3. The van der Waals surface area contributed by atoms with E-state index in [1.165, 1.54) is 35.1 Å². The monoisotopic (exact) mass is 1050 g/mol. The molecule has 0 unspecified atom stereocenters. The molecule has 0 amide bonds. The van der Waals surface area contributed by atoms with Crippen molar-refractivity contribution in [2.45, 2.75) is 209 Å². The molecule has 10 aliphatic heterocycles. The van der Waals surface area contributed by atoms with Crippen LogP contribution in [0.25, 0.3) is 0 Å². The van der Waals surface area contributed by atoms with Gasteiger partial charge in [0.25, 0.3) is 0 Å². The Kier molecular flexibility index (Phi) is 15.6. The van der Waals surface area contributed by atoms with Crippen molar-refractivity contribution in [3.05, 3.63) is 184 Å². The Hall–Kier alpha value is -6.54. The number of aromatic carboxylic acids is 2. The summed E-state index contributed by atoms with van der Waals surface area (Å²) < 4.78 is 27.2. The molecular formula is C70H84O8. The van der Waals surface area contributed by atoms with Crippen LogP contribution in [-0.2, 0) is 48.1 Å². The minimum atomic E-state index is -1.01. The van der Waals surface area contributed by atoms with Crippen molar-refractivity contribution < 1.29 is 38.7 Å². The van der Waals surface area contributed by atoms with Gasteiger partial charge in [0, 0.05) is 33.1 Å². The third-order valence-corrected chi connectivity index (χ3v) is 17.7. The van der Waals surface area contributed by atoms with Crippen LogP contribution in [0.1, 0.15) is 227 Å². The smallest absolute Gasteiger partial charge is 0.336 e. The molecule has 2 N–H and O–H groups in total. The lowest BCUT2D eigenvalue weighted by atomic mass is 9.64. The quantitative estimate of drug-likeness (QED) is 0.176. The summed E-state index contributed by atoms with van der Waals surface area (Å²) in [6, 6.07) is 26.3. The van der Waals surface area contributed by atoms with Gasteiger partial charge in [-0.2, -0.15) is 0 Å². The summed E-state index contributed by atoms with van der Waals surface area (Å²) in [4.78, 5) is 26.9. The van der Waals surface area contributed by atoms with Gasteiger partial charge in [-0.05, 0) is 170 Å². The third kappa shape index (κ3) is 10.8. The Morgan fingerprint density at radius 2 is 0.564 bits per heavy atom. The van der Waals surface area contributed by atoms with E-state index in [-0.39, 0.29) is 59.2 Å². The zero-order valence-electron chi connectivity index (χ0n) is 49.2. The molecule has 2 saturated carbocycles. The van der Waals surface area contributed by atoms with Gasteiger partial charge in [-0.1, -0.05) is 153 Å². The molecule has 0 saturated heterocycles. The number of carbonyl (C=O) groups is 2. The fraction of sp³-hybridized carbons (Fsp3) is 0.457. The first-order chi connectivity index (χ1) is 36.8. The van der Waals surface area contributed by atoms with Crippen molar-refractivity contribution in [3.8, 4) is 23.0 Å². The summed E-state index contributed by atoms with van der Waals surface area (Å²) in [5, 5.41) is 22.0. The van der Waals surface area contributed by atoms with Crippen LogP contribution in [0, 0.1) is 55.4 Å². The van der Waals surface area contributed by atoms with Gasteiger partial charge < -0.3 is 29.2 Å². The topological polar surface area (TPSA) is 112 Å². The Balaban J connectivity index is 1.20. The van der Waals surface area contributed by atoms with Crippen LogP contribution in [0.4, 0.5) is 0 Å². The zero-order valence-corrected chi connectivity index (χ0v) is 49.2. The Bertz CT molecular complexity index is 2820. The third-order valence-electron chi connectivity index (χ3n) is 17.7. The molecule has 412 valence electrons. The highest BCUT2D eigenvalue weighted by Crippen LogP contribution is 2.50. The molecule has 18 rings (SSSR count). The van der Waals surface area contributed by atoms with Crippen LogP contribution in [0.3, 0.4) is 0 Å². The standard InChI is InChI=1S/C70H84O8/c1-41-25-55-26-42(2)61(41)75-37-49-33-53(67(9,10)11)34-50(59(49)65(71)72)38-76-63-45(5)29-57(30-46(63)6)70(23-19-16-20-24-70)58-31-47(7)64(48(8)32-58)78-40-52-36-54(68(12,13)14)35-51(60(52)66(73)74)39-77-62-43(3)27-56(28-44(62)4)69(55)21-17-15-18-22-69/h25-36H,15-24,37-40H2,1-14H3,(H,71,72)(H,73,74). The first-order valence-corrected chi connectivity index (χ1v) is 28.6. The van der Waals surface area contributed by atoms with Gasteiger partial charge in [-0.15, -0.1) is 0 Å². The van der Waals surface area contributed by atoms with E-state index >= 15 is 0 Å². The average Bonchev–Trinajstić information content (AvgIpc) is 3.37. The fourth-order valence-corrected chi connectivity index (χ4v) is 13.6. The fourth-order valence-electron chi connectivity index (χ4n) is 13.6. The molecule has 6 aromatic carbocycles. The van der Waals surface area contributed by atoms with Crippen LogP contribution in [-0.4, -0.2) is 22.2 Å². The van der Waals surface area contributed by atoms with Crippen LogP contribution < -0.4 is 18.9 Å². The molecular weight excluding hydrogens is 969 g/mol. The predicted molar refractivity (Wildman–Crippen MR) is 313 cm³/mol. The SMILES string of the molecule is Cc1cc2cc(C)c1OCc1cc(C(C)(C)C)cc(c1C(=O)O)COc1c(C)cc(cc1C)C1(CCCCC1)c1cc(C)c(c(C)c1)OCc1cc(C(C)(C)C)cc(c1C(=O)O)COc1c(C)cc(cc1C)C21CCCCC1. The lowest BCUT2D eigenvalue weighted by Gasteiger charge is -2.40. The van der Waals surface area contributed by atoms with Crippen LogP contribution in [0.5, 0.6) is 23.0 Å². The number of ether oxygens (including phenoxy) is 4. The average molecular weight is 1050 g/mol. The van der Waals surface area contributed by atoms with Gasteiger partial charge in [-0.3, -0.25) is 0 Å². The molecule has 0 radical (unpaired) electrons. The van der Waals surface area contributed by atoms with E-state index < -0.39 is 11.9 Å². The molecule has 2 spiro atoms. The molecule has 12 aliphatic rings. The van der Waals surface area contributed by atoms with Crippen molar-refractivity contribution in [1.29, 1.82) is 0 Å². The van der Waals surface area contributed by atoms with Gasteiger partial charge >= 0.3 is 11.9 Å². The normalized spacial score (nSPS) is 16.7. The van der Waals surface area contributed by atoms with Gasteiger partial charge in [0.15, 0.2) is 0 Å². The molecule has 12 bridgehead atoms. The van der Waals surface area contributed by atoms with E-state index in [0.717, 1.165) is 130 Å². The van der Waals surface area contributed by atoms with Gasteiger partial charge in [0.05, 0.1) is 11.1 Å². The van der Waals surface area contributed by atoms with Gasteiger partial charge in [-0.25, -0.2) is 9.59 Å². The second kappa shape index (κ2) is 21.6. The maximum absolute atomic E-state index is 13.5. The minimum Gasteiger partial charge on any atom is -0.488 e. The molecule has 2 aliphatic carbocycles. The molecule has 8 heteroatoms. The molecule has 10 heterocycles. The van der Waals surface area contributed by atoms with E-state index in [1.807, 2.05) is 24.3 Å². The highest BCUT2D eigenvalue weighted by Gasteiger charge is 2.39. The summed E-state index contributed by atoms with van der Waals surface area (Å²) in [5.41, 5.74) is 16.9. The summed E-state index contributed by atoms with van der Waals surface area (Å²) in [6.07, 6.45) is 10.8. The lowest BCUT2D eigenvalue weighted by Crippen LogP contribution is -2.31. The highest BCUT2D eigenvalue weighted by molar-refractivity contribution is 5.92. The molecule has 6 aromatic rings. The molecule has 8 nitrogen and oxygen atoms in total. The minimum absolute atomic E-state index is 0.0846. The number of hydrogen-bond acceptors (Lipinski definition) is 6. The second-order valence-corrected chi connectivity index (χ2v) is 25.6. The molecule has 78 heavy (non-hydrogen) atoms. The second-order valence-electron chi connectivity index (χ2n) is 25.6. The lowest BCUT2D eigenvalue weighted by molar-refractivity contribution is 0.0680.